The Bertz CT molecular complexity index is 858. The van der Waals surface area contributed by atoms with Crippen molar-refractivity contribution in [2.24, 2.45) is 0 Å². The lowest BCUT2D eigenvalue weighted by Crippen LogP contribution is -2.24. The van der Waals surface area contributed by atoms with E-state index in [9.17, 15) is 4.79 Å². The van der Waals surface area contributed by atoms with Gasteiger partial charge in [-0.15, -0.1) is 0 Å². The molecule has 3 heterocycles. The van der Waals surface area contributed by atoms with Gasteiger partial charge in [0, 0.05) is 42.5 Å². The van der Waals surface area contributed by atoms with Gasteiger partial charge in [0.25, 0.3) is 5.89 Å². The lowest BCUT2D eigenvalue weighted by Gasteiger charge is -2.16. The predicted molar refractivity (Wildman–Crippen MR) is 88.4 cm³/mol. The number of carbonyl (C=O) groups excluding carboxylic acids is 1. The van der Waals surface area contributed by atoms with Crippen LogP contribution in [-0.4, -0.2) is 27.6 Å². The first-order chi connectivity index (χ1) is 11.7. The zero-order chi connectivity index (χ0) is 16.5. The molecule has 0 unspecified atom stereocenters. The average molecular weight is 320 g/mol. The summed E-state index contributed by atoms with van der Waals surface area (Å²) in [6.45, 7) is 2.59. The molecule has 0 aliphatic carbocycles. The summed E-state index contributed by atoms with van der Waals surface area (Å²) < 4.78 is 5.34. The number of amides is 1. The summed E-state index contributed by atoms with van der Waals surface area (Å²) >= 11 is 0. The van der Waals surface area contributed by atoms with Gasteiger partial charge in [-0.25, -0.2) is 0 Å². The largest absolute Gasteiger partial charge is 0.334 e. The van der Waals surface area contributed by atoms with E-state index in [2.05, 4.69) is 15.1 Å². The van der Waals surface area contributed by atoms with Crippen molar-refractivity contribution in [1.29, 1.82) is 0 Å². The van der Waals surface area contributed by atoms with E-state index in [-0.39, 0.29) is 11.8 Å². The Morgan fingerprint density at radius 3 is 2.62 bits per heavy atom. The van der Waals surface area contributed by atoms with E-state index in [0.717, 1.165) is 11.3 Å². The first-order valence-corrected chi connectivity index (χ1v) is 7.82. The maximum Gasteiger partial charge on any atom is 0.258 e. The molecule has 0 N–H and O–H groups in total. The van der Waals surface area contributed by atoms with Crippen LogP contribution >= 0.6 is 0 Å². The number of anilines is 1. The van der Waals surface area contributed by atoms with Gasteiger partial charge in [-0.1, -0.05) is 22.9 Å². The molecule has 120 valence electrons. The van der Waals surface area contributed by atoms with Crippen LogP contribution in [0.2, 0.25) is 0 Å². The van der Waals surface area contributed by atoms with E-state index in [0.29, 0.717) is 24.7 Å². The molecule has 1 saturated heterocycles. The lowest BCUT2D eigenvalue weighted by atomic mass is 10.1. The SMILES string of the molecule is Cc1ccc(N2C[C@@H](c3noc(-c4ccncc4)n3)CC2=O)cc1. The summed E-state index contributed by atoms with van der Waals surface area (Å²) in [6.07, 6.45) is 3.75. The third-order valence-electron chi connectivity index (χ3n) is 4.20. The second-order valence-corrected chi connectivity index (χ2v) is 5.93. The van der Waals surface area contributed by atoms with Crippen molar-refractivity contribution in [2.45, 2.75) is 19.3 Å². The summed E-state index contributed by atoms with van der Waals surface area (Å²) in [7, 11) is 0. The summed E-state index contributed by atoms with van der Waals surface area (Å²) in [5.41, 5.74) is 2.90. The molecule has 24 heavy (non-hydrogen) atoms. The van der Waals surface area contributed by atoms with Crippen LogP contribution in [0.25, 0.3) is 11.5 Å². The zero-order valence-corrected chi connectivity index (χ0v) is 13.2. The van der Waals surface area contributed by atoms with E-state index < -0.39 is 0 Å². The van der Waals surface area contributed by atoms with Crippen molar-refractivity contribution in [3.63, 3.8) is 0 Å². The highest BCUT2D eigenvalue weighted by Gasteiger charge is 2.34. The number of hydrogen-bond acceptors (Lipinski definition) is 5. The molecular formula is C18H16N4O2. The molecule has 6 heteroatoms. The van der Waals surface area contributed by atoms with E-state index in [4.69, 9.17) is 4.52 Å². The number of benzene rings is 1. The van der Waals surface area contributed by atoms with Crippen LogP contribution in [0.5, 0.6) is 0 Å². The number of pyridine rings is 1. The van der Waals surface area contributed by atoms with E-state index in [1.165, 1.54) is 5.56 Å². The second-order valence-electron chi connectivity index (χ2n) is 5.93. The quantitative estimate of drug-likeness (QED) is 0.742. The molecule has 1 atom stereocenters. The molecular weight excluding hydrogens is 304 g/mol. The van der Waals surface area contributed by atoms with Crippen molar-refractivity contribution < 1.29 is 9.32 Å². The van der Waals surface area contributed by atoms with Gasteiger partial charge in [-0.05, 0) is 31.2 Å². The van der Waals surface area contributed by atoms with Crippen molar-refractivity contribution in [3.05, 3.63) is 60.2 Å². The van der Waals surface area contributed by atoms with Gasteiger partial charge in [0.15, 0.2) is 5.82 Å². The summed E-state index contributed by atoms with van der Waals surface area (Å²) in [6, 6.07) is 11.6. The molecule has 1 amide bonds. The highest BCUT2D eigenvalue weighted by atomic mass is 16.5. The molecule has 0 saturated carbocycles. The van der Waals surface area contributed by atoms with Crippen LogP contribution in [0.15, 0.2) is 53.3 Å². The first-order valence-electron chi connectivity index (χ1n) is 7.82. The number of hydrogen-bond donors (Lipinski definition) is 0. The standard InChI is InChI=1S/C18H16N4O2/c1-12-2-4-15(5-3-12)22-11-14(10-16(22)23)17-20-18(24-21-17)13-6-8-19-9-7-13/h2-9,14H,10-11H2,1H3/t14-/m0/s1. The van der Waals surface area contributed by atoms with Crippen molar-refractivity contribution in [3.8, 4) is 11.5 Å². The Hall–Kier alpha value is -3.02. The highest BCUT2D eigenvalue weighted by molar-refractivity contribution is 5.96. The van der Waals surface area contributed by atoms with Crippen molar-refractivity contribution >= 4 is 11.6 Å². The van der Waals surface area contributed by atoms with Gasteiger partial charge in [-0.3, -0.25) is 9.78 Å². The number of nitrogens with zero attached hydrogens (tertiary/aromatic N) is 4. The summed E-state index contributed by atoms with van der Waals surface area (Å²) in [5, 5.41) is 4.07. The molecule has 1 aliphatic rings. The van der Waals surface area contributed by atoms with Crippen LogP contribution in [0.3, 0.4) is 0 Å². The van der Waals surface area contributed by atoms with Gasteiger partial charge in [-0.2, -0.15) is 4.98 Å². The molecule has 4 rings (SSSR count). The average Bonchev–Trinajstić information content (AvgIpc) is 3.23. The molecule has 2 aromatic heterocycles. The minimum absolute atomic E-state index is 0.0573. The fourth-order valence-corrected chi connectivity index (χ4v) is 2.87. The second kappa shape index (κ2) is 5.88. The first kappa shape index (κ1) is 14.6. The fraction of sp³-hybridized carbons (Fsp3) is 0.222. The number of rotatable bonds is 3. The Kier molecular flexibility index (Phi) is 3.57. The van der Waals surface area contributed by atoms with Gasteiger partial charge in [0.05, 0.1) is 0 Å². The maximum atomic E-state index is 12.4. The molecule has 1 aliphatic heterocycles. The predicted octanol–water partition coefficient (Wildman–Crippen LogP) is 2.96. The van der Waals surface area contributed by atoms with Crippen molar-refractivity contribution in [1.82, 2.24) is 15.1 Å². The zero-order valence-electron chi connectivity index (χ0n) is 13.2. The van der Waals surface area contributed by atoms with Crippen LogP contribution in [0.1, 0.15) is 23.7 Å². The lowest BCUT2D eigenvalue weighted by molar-refractivity contribution is -0.117. The highest BCUT2D eigenvalue weighted by Crippen LogP contribution is 2.31. The van der Waals surface area contributed by atoms with Gasteiger partial charge < -0.3 is 9.42 Å². The van der Waals surface area contributed by atoms with E-state index >= 15 is 0 Å². The molecule has 0 radical (unpaired) electrons. The van der Waals surface area contributed by atoms with Gasteiger partial charge >= 0.3 is 0 Å². The van der Waals surface area contributed by atoms with Crippen molar-refractivity contribution in [2.75, 3.05) is 11.4 Å². The Balaban J connectivity index is 1.55. The smallest absolute Gasteiger partial charge is 0.258 e. The number of aromatic nitrogens is 3. The summed E-state index contributed by atoms with van der Waals surface area (Å²) in [5.74, 6) is 1.05. The molecule has 3 aromatic rings. The molecule has 0 bridgehead atoms. The Morgan fingerprint density at radius 1 is 1.12 bits per heavy atom. The minimum Gasteiger partial charge on any atom is -0.334 e. The maximum absolute atomic E-state index is 12.4. The normalized spacial score (nSPS) is 17.5. The number of carbonyl (C=O) groups is 1. The molecule has 0 spiro atoms. The fourth-order valence-electron chi connectivity index (χ4n) is 2.87. The van der Waals surface area contributed by atoms with Gasteiger partial charge in [0.2, 0.25) is 5.91 Å². The monoisotopic (exact) mass is 320 g/mol. The number of aryl methyl sites for hydroxylation is 1. The molecule has 1 fully saturated rings. The van der Waals surface area contributed by atoms with Crippen LogP contribution in [0, 0.1) is 6.92 Å². The van der Waals surface area contributed by atoms with E-state index in [1.54, 1.807) is 17.3 Å². The molecule has 1 aromatic carbocycles. The van der Waals surface area contributed by atoms with Crippen LogP contribution in [-0.2, 0) is 4.79 Å². The third kappa shape index (κ3) is 2.67. The minimum atomic E-state index is -0.0573. The van der Waals surface area contributed by atoms with Gasteiger partial charge in [0.1, 0.15) is 0 Å². The Labute approximate surface area is 139 Å². The molecule has 6 nitrogen and oxygen atoms in total. The summed E-state index contributed by atoms with van der Waals surface area (Å²) in [4.78, 5) is 22.6. The topological polar surface area (TPSA) is 72.1 Å². The third-order valence-corrected chi connectivity index (χ3v) is 4.20. The van der Waals surface area contributed by atoms with Crippen LogP contribution in [0.4, 0.5) is 5.69 Å². The van der Waals surface area contributed by atoms with Crippen LogP contribution < -0.4 is 4.90 Å². The Morgan fingerprint density at radius 2 is 1.88 bits per heavy atom. The van der Waals surface area contributed by atoms with E-state index in [1.807, 2.05) is 43.3 Å².